The molecule has 0 atom stereocenters. The van der Waals surface area contributed by atoms with Crippen LogP contribution in [0.2, 0.25) is 0 Å². The standard InChI is InChI=1S/C27H32N4O2S/c1-20-12-14-21(15-13-20)18-31-25(16-17-28-31)29-27(33)23-10-6-7-11-24(23)34-19-26(32)30(2)22-8-4-3-5-9-22/h6-7,10-17,22H,3-5,8-9,18-19H2,1-2H3,(H,29,33). The van der Waals surface area contributed by atoms with Crippen LogP contribution in [0.3, 0.4) is 0 Å². The predicted octanol–water partition coefficient (Wildman–Crippen LogP) is 5.38. The smallest absolute Gasteiger partial charge is 0.257 e. The second-order valence-corrected chi connectivity index (χ2v) is 9.91. The number of hydrogen-bond donors (Lipinski definition) is 1. The Morgan fingerprint density at radius 3 is 2.56 bits per heavy atom. The molecule has 0 unspecified atom stereocenters. The number of hydrogen-bond acceptors (Lipinski definition) is 4. The van der Waals surface area contributed by atoms with E-state index in [9.17, 15) is 9.59 Å². The first-order chi connectivity index (χ1) is 16.5. The maximum Gasteiger partial charge on any atom is 0.257 e. The number of amides is 2. The van der Waals surface area contributed by atoms with Crippen LogP contribution in [0.1, 0.15) is 53.6 Å². The van der Waals surface area contributed by atoms with Crippen molar-refractivity contribution in [2.24, 2.45) is 0 Å². The molecule has 1 aromatic heterocycles. The molecule has 1 fully saturated rings. The molecule has 1 heterocycles. The van der Waals surface area contributed by atoms with Gasteiger partial charge in [-0.2, -0.15) is 5.10 Å². The number of thioether (sulfide) groups is 1. The Labute approximate surface area is 205 Å². The molecule has 2 amide bonds. The third-order valence-electron chi connectivity index (χ3n) is 6.41. The molecule has 1 saturated carbocycles. The molecule has 7 heteroatoms. The van der Waals surface area contributed by atoms with E-state index in [2.05, 4.69) is 41.6 Å². The van der Waals surface area contributed by atoms with E-state index in [1.54, 1.807) is 23.0 Å². The molecule has 1 aliphatic rings. The van der Waals surface area contributed by atoms with Crippen molar-refractivity contribution >= 4 is 29.4 Å². The molecular weight excluding hydrogens is 444 g/mol. The maximum atomic E-state index is 13.1. The van der Waals surface area contributed by atoms with Crippen molar-refractivity contribution in [3.8, 4) is 0 Å². The quantitative estimate of drug-likeness (QED) is 0.444. The molecule has 1 N–H and O–H groups in total. The van der Waals surface area contributed by atoms with E-state index in [0.29, 0.717) is 29.7 Å². The lowest BCUT2D eigenvalue weighted by atomic mass is 9.94. The van der Waals surface area contributed by atoms with Gasteiger partial charge in [0.25, 0.3) is 5.91 Å². The van der Waals surface area contributed by atoms with Gasteiger partial charge in [-0.15, -0.1) is 11.8 Å². The lowest BCUT2D eigenvalue weighted by Gasteiger charge is -2.31. The van der Waals surface area contributed by atoms with E-state index >= 15 is 0 Å². The molecular formula is C27H32N4O2S. The van der Waals surface area contributed by atoms with Crippen LogP contribution in [0.25, 0.3) is 0 Å². The maximum absolute atomic E-state index is 13.1. The highest BCUT2D eigenvalue weighted by Gasteiger charge is 2.22. The van der Waals surface area contributed by atoms with Gasteiger partial charge in [-0.25, -0.2) is 4.68 Å². The summed E-state index contributed by atoms with van der Waals surface area (Å²) in [6.45, 7) is 2.63. The van der Waals surface area contributed by atoms with Crippen LogP contribution >= 0.6 is 11.8 Å². The van der Waals surface area contributed by atoms with E-state index < -0.39 is 0 Å². The van der Waals surface area contributed by atoms with Crippen molar-refractivity contribution in [2.45, 2.75) is 56.5 Å². The zero-order valence-corrected chi connectivity index (χ0v) is 20.7. The SMILES string of the molecule is Cc1ccc(Cn2nccc2NC(=O)c2ccccc2SCC(=O)N(C)C2CCCCC2)cc1. The molecule has 3 aromatic rings. The first-order valence-corrected chi connectivity index (χ1v) is 12.9. The number of carbonyl (C=O) groups excluding carboxylic acids is 2. The topological polar surface area (TPSA) is 67.2 Å². The van der Waals surface area contributed by atoms with E-state index in [1.807, 2.05) is 30.1 Å². The van der Waals surface area contributed by atoms with E-state index in [0.717, 1.165) is 23.3 Å². The molecule has 34 heavy (non-hydrogen) atoms. The van der Waals surface area contributed by atoms with Crippen LogP contribution in [0, 0.1) is 6.92 Å². The summed E-state index contributed by atoms with van der Waals surface area (Å²) in [5, 5.41) is 7.37. The largest absolute Gasteiger partial charge is 0.342 e. The summed E-state index contributed by atoms with van der Waals surface area (Å²) in [7, 11) is 1.91. The minimum atomic E-state index is -0.207. The number of benzene rings is 2. The highest BCUT2D eigenvalue weighted by molar-refractivity contribution is 8.00. The summed E-state index contributed by atoms with van der Waals surface area (Å²) in [4.78, 5) is 28.6. The fourth-order valence-electron chi connectivity index (χ4n) is 4.31. The highest BCUT2D eigenvalue weighted by Crippen LogP contribution is 2.26. The van der Waals surface area contributed by atoms with Crippen LogP contribution in [-0.2, 0) is 11.3 Å². The summed E-state index contributed by atoms with van der Waals surface area (Å²) >= 11 is 1.42. The Morgan fingerprint density at radius 1 is 1.06 bits per heavy atom. The summed E-state index contributed by atoms with van der Waals surface area (Å²) < 4.78 is 1.78. The Bertz CT molecular complexity index is 1120. The molecule has 178 valence electrons. The molecule has 6 nitrogen and oxygen atoms in total. The summed E-state index contributed by atoms with van der Waals surface area (Å²) in [5.41, 5.74) is 2.88. The van der Waals surface area contributed by atoms with Crippen molar-refractivity contribution in [1.29, 1.82) is 0 Å². The van der Waals surface area contributed by atoms with Crippen molar-refractivity contribution in [3.05, 3.63) is 77.5 Å². The molecule has 2 aromatic carbocycles. The van der Waals surface area contributed by atoms with Crippen LogP contribution in [0.15, 0.2) is 65.7 Å². The van der Waals surface area contributed by atoms with Gasteiger partial charge in [0.05, 0.1) is 24.1 Å². The van der Waals surface area contributed by atoms with Gasteiger partial charge in [-0.3, -0.25) is 9.59 Å². The molecule has 0 bridgehead atoms. The first-order valence-electron chi connectivity index (χ1n) is 11.9. The lowest BCUT2D eigenvalue weighted by Crippen LogP contribution is -2.39. The van der Waals surface area contributed by atoms with Crippen LogP contribution < -0.4 is 5.32 Å². The Kier molecular flexibility index (Phi) is 8.06. The molecule has 0 spiro atoms. The van der Waals surface area contributed by atoms with Crippen molar-refractivity contribution in [2.75, 3.05) is 18.1 Å². The molecule has 4 rings (SSSR count). The lowest BCUT2D eigenvalue weighted by molar-refractivity contribution is -0.129. The number of aryl methyl sites for hydroxylation is 1. The van der Waals surface area contributed by atoms with Gasteiger partial charge in [0.15, 0.2) is 0 Å². The Hall–Kier alpha value is -3.06. The molecule has 0 radical (unpaired) electrons. The van der Waals surface area contributed by atoms with Gasteiger partial charge in [0, 0.05) is 24.1 Å². The van der Waals surface area contributed by atoms with Crippen molar-refractivity contribution in [1.82, 2.24) is 14.7 Å². The van der Waals surface area contributed by atoms with E-state index in [1.165, 1.54) is 36.6 Å². The average Bonchev–Trinajstić information content (AvgIpc) is 3.30. The summed E-state index contributed by atoms with van der Waals surface area (Å²) in [6.07, 6.45) is 7.51. The Morgan fingerprint density at radius 2 is 1.79 bits per heavy atom. The number of nitrogens with zero attached hydrogens (tertiary/aromatic N) is 3. The van der Waals surface area contributed by atoms with Gasteiger partial charge < -0.3 is 10.2 Å². The van der Waals surface area contributed by atoms with Gasteiger partial charge in [0.1, 0.15) is 5.82 Å². The van der Waals surface area contributed by atoms with Gasteiger partial charge in [0.2, 0.25) is 5.91 Å². The van der Waals surface area contributed by atoms with Crippen LogP contribution in [0.5, 0.6) is 0 Å². The van der Waals surface area contributed by atoms with Gasteiger partial charge in [-0.05, 0) is 37.5 Å². The predicted molar refractivity (Wildman–Crippen MR) is 137 cm³/mol. The molecule has 0 saturated heterocycles. The van der Waals surface area contributed by atoms with E-state index in [-0.39, 0.29) is 11.8 Å². The van der Waals surface area contributed by atoms with Crippen LogP contribution in [-0.4, -0.2) is 45.3 Å². The second-order valence-electron chi connectivity index (χ2n) is 8.90. The highest BCUT2D eigenvalue weighted by atomic mass is 32.2. The third kappa shape index (κ3) is 6.08. The number of carbonyl (C=O) groups is 2. The van der Waals surface area contributed by atoms with E-state index in [4.69, 9.17) is 0 Å². The van der Waals surface area contributed by atoms with Crippen molar-refractivity contribution in [3.63, 3.8) is 0 Å². The molecule has 1 aliphatic carbocycles. The minimum absolute atomic E-state index is 0.114. The molecule has 0 aliphatic heterocycles. The van der Waals surface area contributed by atoms with Gasteiger partial charge in [-0.1, -0.05) is 61.2 Å². The monoisotopic (exact) mass is 476 g/mol. The van der Waals surface area contributed by atoms with Crippen molar-refractivity contribution < 1.29 is 9.59 Å². The fourth-order valence-corrected chi connectivity index (χ4v) is 5.28. The number of anilines is 1. The summed E-state index contributed by atoms with van der Waals surface area (Å²) in [6, 6.07) is 17.8. The number of aromatic nitrogens is 2. The third-order valence-corrected chi connectivity index (χ3v) is 7.47. The minimum Gasteiger partial charge on any atom is -0.342 e. The zero-order valence-electron chi connectivity index (χ0n) is 19.9. The first kappa shape index (κ1) is 24.1. The van der Waals surface area contributed by atoms with Crippen LogP contribution in [0.4, 0.5) is 5.82 Å². The second kappa shape index (κ2) is 11.4. The fraction of sp³-hybridized carbons (Fsp3) is 0.370. The zero-order chi connectivity index (χ0) is 23.9. The van der Waals surface area contributed by atoms with Gasteiger partial charge >= 0.3 is 0 Å². The number of rotatable bonds is 8. The number of nitrogens with one attached hydrogen (secondary N) is 1. The average molecular weight is 477 g/mol. The normalized spacial score (nSPS) is 14.1. The Balaban J connectivity index is 1.40. The summed E-state index contributed by atoms with van der Waals surface area (Å²) in [5.74, 6) is 0.867.